The maximum Gasteiger partial charge on any atom is 0.341 e. The van der Waals surface area contributed by atoms with E-state index in [1.165, 1.54) is 36.5 Å². The van der Waals surface area contributed by atoms with E-state index in [0.29, 0.717) is 16.3 Å². The number of aryl methyl sites for hydroxylation is 1. The molecule has 2 aromatic rings. The Morgan fingerprint density at radius 1 is 1.14 bits per heavy atom. The summed E-state index contributed by atoms with van der Waals surface area (Å²) in [7, 11) is 0. The largest absolute Gasteiger partial charge is 0.462 e. The van der Waals surface area contributed by atoms with Crippen LogP contribution in [0, 0.1) is 5.82 Å². The number of amides is 2. The predicted molar refractivity (Wildman–Crippen MR) is 107 cm³/mol. The van der Waals surface area contributed by atoms with Gasteiger partial charge >= 0.3 is 5.97 Å². The molecule has 150 valence electrons. The molecule has 1 heterocycles. The molecule has 0 unspecified atom stereocenters. The molecule has 0 atom stereocenters. The zero-order valence-corrected chi connectivity index (χ0v) is 16.7. The van der Waals surface area contributed by atoms with Crippen molar-refractivity contribution in [3.05, 3.63) is 40.5 Å². The average Bonchev–Trinajstić information content (AvgIpc) is 3.05. The van der Waals surface area contributed by atoms with Gasteiger partial charge in [-0.3, -0.25) is 9.59 Å². The van der Waals surface area contributed by atoms with Crippen LogP contribution < -0.4 is 16.0 Å². The molecule has 2 rings (SSSR count). The highest BCUT2D eigenvalue weighted by atomic mass is 32.1. The molecule has 0 bridgehead atoms. The van der Waals surface area contributed by atoms with E-state index in [0.717, 1.165) is 11.3 Å². The van der Waals surface area contributed by atoms with Crippen molar-refractivity contribution in [3.63, 3.8) is 0 Å². The Kier molecular flexibility index (Phi) is 7.51. The number of rotatable bonds is 8. The van der Waals surface area contributed by atoms with Crippen molar-refractivity contribution in [2.75, 3.05) is 29.1 Å². The van der Waals surface area contributed by atoms with Gasteiger partial charge in [-0.1, -0.05) is 6.92 Å². The number of thiophene rings is 1. The summed E-state index contributed by atoms with van der Waals surface area (Å²) in [6.07, 6.45) is 0.729. The standard InChI is InChI=1S/C19H22FN3O4S/c1-4-13-9-14(19(26)27-5-2)18(28-13)23-17(25)10-21-12-6-7-15(20)16(8-12)22-11(3)24/h6-9,21H,4-5,10H2,1-3H3,(H,22,24)(H,23,25). The number of nitrogens with one attached hydrogen (secondary N) is 3. The van der Waals surface area contributed by atoms with Gasteiger partial charge in [0.05, 0.1) is 24.4 Å². The van der Waals surface area contributed by atoms with Gasteiger partial charge in [0.1, 0.15) is 10.8 Å². The minimum atomic E-state index is -0.574. The first-order valence-corrected chi connectivity index (χ1v) is 9.56. The van der Waals surface area contributed by atoms with Crippen molar-refractivity contribution in [3.8, 4) is 0 Å². The molecule has 0 aliphatic heterocycles. The summed E-state index contributed by atoms with van der Waals surface area (Å²) < 4.78 is 18.7. The van der Waals surface area contributed by atoms with Crippen LogP contribution >= 0.6 is 11.3 Å². The van der Waals surface area contributed by atoms with Crippen LogP contribution in [0.1, 0.15) is 36.0 Å². The monoisotopic (exact) mass is 407 g/mol. The quantitative estimate of drug-likeness (QED) is 0.581. The molecule has 0 saturated carbocycles. The van der Waals surface area contributed by atoms with Crippen LogP contribution in [0.25, 0.3) is 0 Å². The molecule has 0 radical (unpaired) electrons. The number of carbonyl (C=O) groups excluding carboxylic acids is 3. The van der Waals surface area contributed by atoms with Crippen LogP contribution in [0.5, 0.6) is 0 Å². The lowest BCUT2D eigenvalue weighted by Gasteiger charge is -2.10. The third kappa shape index (κ3) is 5.78. The van der Waals surface area contributed by atoms with E-state index < -0.39 is 17.7 Å². The van der Waals surface area contributed by atoms with Gasteiger partial charge in [-0.15, -0.1) is 11.3 Å². The van der Waals surface area contributed by atoms with E-state index in [2.05, 4.69) is 16.0 Å². The number of anilines is 3. The molecule has 3 N–H and O–H groups in total. The van der Waals surface area contributed by atoms with Crippen LogP contribution in [-0.4, -0.2) is 30.9 Å². The van der Waals surface area contributed by atoms with Crippen LogP contribution in [0.3, 0.4) is 0 Å². The van der Waals surface area contributed by atoms with E-state index in [9.17, 15) is 18.8 Å². The van der Waals surface area contributed by atoms with Gasteiger partial charge in [0.2, 0.25) is 11.8 Å². The topological polar surface area (TPSA) is 96.5 Å². The summed E-state index contributed by atoms with van der Waals surface area (Å²) >= 11 is 1.32. The van der Waals surface area contributed by atoms with Crippen molar-refractivity contribution in [1.29, 1.82) is 0 Å². The van der Waals surface area contributed by atoms with Crippen molar-refractivity contribution < 1.29 is 23.5 Å². The second kappa shape index (κ2) is 9.84. The van der Waals surface area contributed by atoms with Crippen molar-refractivity contribution in [1.82, 2.24) is 0 Å². The Balaban J connectivity index is 2.04. The smallest absolute Gasteiger partial charge is 0.341 e. The fourth-order valence-electron chi connectivity index (χ4n) is 2.34. The van der Waals surface area contributed by atoms with Gasteiger partial charge in [0.25, 0.3) is 0 Å². The van der Waals surface area contributed by atoms with E-state index in [1.807, 2.05) is 6.92 Å². The van der Waals surface area contributed by atoms with E-state index in [-0.39, 0.29) is 24.7 Å². The summed E-state index contributed by atoms with van der Waals surface area (Å²) in [5.41, 5.74) is 0.812. The first-order chi connectivity index (χ1) is 13.3. The molecular weight excluding hydrogens is 385 g/mol. The summed E-state index contributed by atoms with van der Waals surface area (Å²) in [5, 5.41) is 8.37. The fourth-order valence-corrected chi connectivity index (χ4v) is 3.34. The second-order valence-electron chi connectivity index (χ2n) is 5.81. The number of esters is 1. The van der Waals surface area contributed by atoms with Gasteiger partial charge in [0, 0.05) is 17.5 Å². The van der Waals surface area contributed by atoms with Gasteiger partial charge in [0.15, 0.2) is 0 Å². The number of carbonyl (C=O) groups is 3. The van der Waals surface area contributed by atoms with Crippen LogP contribution in [0.4, 0.5) is 20.8 Å². The van der Waals surface area contributed by atoms with E-state index >= 15 is 0 Å². The lowest BCUT2D eigenvalue weighted by Crippen LogP contribution is -2.22. The van der Waals surface area contributed by atoms with Gasteiger partial charge in [-0.2, -0.15) is 0 Å². The average molecular weight is 407 g/mol. The molecule has 2 amide bonds. The molecular formula is C19H22FN3O4S. The van der Waals surface area contributed by atoms with Crippen molar-refractivity contribution >= 4 is 45.5 Å². The highest BCUT2D eigenvalue weighted by Gasteiger charge is 2.18. The number of benzene rings is 1. The lowest BCUT2D eigenvalue weighted by atomic mass is 10.2. The molecule has 9 heteroatoms. The summed E-state index contributed by atoms with van der Waals surface area (Å²) in [5.74, 6) is -1.83. The van der Waals surface area contributed by atoms with Crippen LogP contribution in [-0.2, 0) is 20.7 Å². The lowest BCUT2D eigenvalue weighted by molar-refractivity contribution is -0.115. The fraction of sp³-hybridized carbons (Fsp3) is 0.316. The number of ether oxygens (including phenoxy) is 1. The summed E-state index contributed by atoms with van der Waals surface area (Å²) in [4.78, 5) is 36.4. The highest BCUT2D eigenvalue weighted by Crippen LogP contribution is 2.29. The minimum Gasteiger partial charge on any atom is -0.462 e. The maximum absolute atomic E-state index is 13.7. The molecule has 0 spiro atoms. The molecule has 0 aliphatic rings. The number of hydrogen-bond donors (Lipinski definition) is 3. The molecule has 0 aliphatic carbocycles. The van der Waals surface area contributed by atoms with E-state index in [4.69, 9.17) is 4.74 Å². The molecule has 28 heavy (non-hydrogen) atoms. The third-order valence-corrected chi connectivity index (χ3v) is 4.80. The Bertz CT molecular complexity index is 882. The number of halogens is 1. The molecule has 1 aromatic heterocycles. The zero-order chi connectivity index (χ0) is 20.7. The highest BCUT2D eigenvalue weighted by molar-refractivity contribution is 7.16. The third-order valence-electron chi connectivity index (χ3n) is 3.61. The zero-order valence-electron chi connectivity index (χ0n) is 15.8. The first-order valence-electron chi connectivity index (χ1n) is 8.74. The van der Waals surface area contributed by atoms with Crippen molar-refractivity contribution in [2.24, 2.45) is 0 Å². The first kappa shape index (κ1) is 21.4. The minimum absolute atomic E-state index is 0.0216. The Morgan fingerprint density at radius 2 is 1.89 bits per heavy atom. The Morgan fingerprint density at radius 3 is 2.54 bits per heavy atom. The normalized spacial score (nSPS) is 10.3. The van der Waals surface area contributed by atoms with Crippen molar-refractivity contribution in [2.45, 2.75) is 27.2 Å². The van der Waals surface area contributed by atoms with Gasteiger partial charge in [-0.05, 0) is 37.6 Å². The Hall–Kier alpha value is -2.94. The summed E-state index contributed by atoms with van der Waals surface area (Å²) in [6, 6.07) is 5.76. The molecule has 1 aromatic carbocycles. The molecule has 0 fully saturated rings. The number of hydrogen-bond acceptors (Lipinski definition) is 6. The van der Waals surface area contributed by atoms with Crippen LogP contribution in [0.2, 0.25) is 0 Å². The molecule has 7 nitrogen and oxygen atoms in total. The summed E-state index contributed by atoms with van der Waals surface area (Å²) in [6.45, 7) is 5.08. The van der Waals surface area contributed by atoms with Crippen LogP contribution in [0.15, 0.2) is 24.3 Å². The predicted octanol–water partition coefficient (Wildman–Crippen LogP) is 3.64. The van der Waals surface area contributed by atoms with E-state index in [1.54, 1.807) is 13.0 Å². The SMILES string of the molecule is CCOC(=O)c1cc(CC)sc1NC(=O)CNc1ccc(F)c(NC(C)=O)c1. The van der Waals surface area contributed by atoms with Gasteiger partial charge in [-0.25, -0.2) is 9.18 Å². The Labute approximate surface area is 166 Å². The second-order valence-corrected chi connectivity index (χ2v) is 6.94. The molecule has 0 saturated heterocycles. The maximum atomic E-state index is 13.7. The van der Waals surface area contributed by atoms with Gasteiger partial charge < -0.3 is 20.7 Å².